The van der Waals surface area contributed by atoms with Gasteiger partial charge in [0.1, 0.15) is 18.2 Å². The third-order valence-electron chi connectivity index (χ3n) is 2.62. The highest BCUT2D eigenvalue weighted by Gasteiger charge is 2.03. The fourth-order valence-electron chi connectivity index (χ4n) is 1.75. The molecule has 0 saturated heterocycles. The second-order valence-electron chi connectivity index (χ2n) is 4.08. The summed E-state index contributed by atoms with van der Waals surface area (Å²) >= 11 is 0. The molecule has 106 valence electrons. The largest absolute Gasteiger partial charge is 0.493 e. The molecule has 0 fully saturated rings. The Hall–Kier alpha value is -2.30. The van der Waals surface area contributed by atoms with Crippen molar-refractivity contribution in [1.82, 2.24) is 0 Å². The van der Waals surface area contributed by atoms with Crippen LogP contribution in [-0.2, 0) is 0 Å². The summed E-state index contributed by atoms with van der Waals surface area (Å²) in [5.41, 5.74) is 0.381. The molecule has 0 radical (unpaired) electrons. The van der Waals surface area contributed by atoms with E-state index in [9.17, 15) is 8.78 Å². The number of hydrogen-bond acceptors (Lipinski definition) is 3. The SMILES string of the molecule is COc1ccccc1OCCNc1cc(F)cc(F)c1. The normalized spacial score (nSPS) is 10.2. The molecule has 0 aliphatic carbocycles. The summed E-state index contributed by atoms with van der Waals surface area (Å²) in [6.45, 7) is 0.763. The van der Waals surface area contributed by atoms with Crippen LogP contribution in [0.25, 0.3) is 0 Å². The lowest BCUT2D eigenvalue weighted by Gasteiger charge is -2.11. The van der Waals surface area contributed by atoms with Crippen LogP contribution in [0.2, 0.25) is 0 Å². The molecule has 0 bridgehead atoms. The van der Waals surface area contributed by atoms with Crippen molar-refractivity contribution in [3.8, 4) is 11.5 Å². The second kappa shape index (κ2) is 6.75. The van der Waals surface area contributed by atoms with Crippen LogP contribution in [0.4, 0.5) is 14.5 Å². The Morgan fingerprint density at radius 2 is 1.65 bits per heavy atom. The zero-order valence-corrected chi connectivity index (χ0v) is 11.0. The van der Waals surface area contributed by atoms with Crippen molar-refractivity contribution in [2.45, 2.75) is 0 Å². The first-order valence-corrected chi connectivity index (χ1v) is 6.15. The summed E-state index contributed by atoms with van der Waals surface area (Å²) in [5.74, 6) is 0.0443. The summed E-state index contributed by atoms with van der Waals surface area (Å²) in [4.78, 5) is 0. The number of halogens is 2. The molecule has 0 aliphatic heterocycles. The van der Waals surface area contributed by atoms with Gasteiger partial charge in [0.15, 0.2) is 11.5 Å². The van der Waals surface area contributed by atoms with Crippen LogP contribution in [0.5, 0.6) is 11.5 Å². The Morgan fingerprint density at radius 3 is 2.30 bits per heavy atom. The number of rotatable bonds is 6. The number of para-hydroxylation sites is 2. The molecule has 0 atom stereocenters. The topological polar surface area (TPSA) is 30.5 Å². The van der Waals surface area contributed by atoms with Crippen LogP contribution in [0.1, 0.15) is 0 Å². The first-order valence-electron chi connectivity index (χ1n) is 6.15. The van der Waals surface area contributed by atoms with Gasteiger partial charge in [-0.1, -0.05) is 12.1 Å². The Kier molecular flexibility index (Phi) is 4.76. The molecule has 20 heavy (non-hydrogen) atoms. The van der Waals surface area contributed by atoms with Gasteiger partial charge in [0.25, 0.3) is 0 Å². The van der Waals surface area contributed by atoms with Gasteiger partial charge < -0.3 is 14.8 Å². The van der Waals surface area contributed by atoms with Crippen LogP contribution >= 0.6 is 0 Å². The van der Waals surface area contributed by atoms with E-state index in [-0.39, 0.29) is 0 Å². The van der Waals surface area contributed by atoms with Crippen LogP contribution in [0.3, 0.4) is 0 Å². The molecular weight excluding hydrogens is 264 g/mol. The molecule has 0 aromatic heterocycles. The number of methoxy groups -OCH3 is 1. The highest BCUT2D eigenvalue weighted by atomic mass is 19.1. The maximum Gasteiger partial charge on any atom is 0.161 e. The van der Waals surface area contributed by atoms with Gasteiger partial charge in [-0.15, -0.1) is 0 Å². The quantitative estimate of drug-likeness (QED) is 0.821. The number of hydrogen-bond donors (Lipinski definition) is 1. The maximum atomic E-state index is 13.0. The monoisotopic (exact) mass is 279 g/mol. The van der Waals surface area contributed by atoms with E-state index in [1.807, 2.05) is 12.1 Å². The maximum absolute atomic E-state index is 13.0. The van der Waals surface area contributed by atoms with Crippen LogP contribution in [0.15, 0.2) is 42.5 Å². The highest BCUT2D eigenvalue weighted by molar-refractivity contribution is 5.43. The van der Waals surface area contributed by atoms with E-state index in [1.54, 1.807) is 19.2 Å². The highest BCUT2D eigenvalue weighted by Crippen LogP contribution is 2.25. The van der Waals surface area contributed by atoms with Gasteiger partial charge in [-0.3, -0.25) is 0 Å². The van der Waals surface area contributed by atoms with Crippen LogP contribution < -0.4 is 14.8 Å². The molecular formula is C15H15F2NO2. The van der Waals surface area contributed by atoms with E-state index in [4.69, 9.17) is 9.47 Å². The van der Waals surface area contributed by atoms with Crippen molar-refractivity contribution < 1.29 is 18.3 Å². The van der Waals surface area contributed by atoms with Gasteiger partial charge in [0.05, 0.1) is 7.11 Å². The summed E-state index contributed by atoms with van der Waals surface area (Å²) < 4.78 is 36.6. The molecule has 0 unspecified atom stereocenters. The predicted molar refractivity (Wildman–Crippen MR) is 73.3 cm³/mol. The lowest BCUT2D eigenvalue weighted by atomic mass is 10.3. The minimum atomic E-state index is -0.613. The fraction of sp³-hybridized carbons (Fsp3) is 0.200. The molecule has 3 nitrogen and oxygen atoms in total. The molecule has 2 aromatic rings. The van der Waals surface area contributed by atoms with Gasteiger partial charge in [-0.05, 0) is 24.3 Å². The summed E-state index contributed by atoms with van der Waals surface area (Å²) in [6.07, 6.45) is 0. The number of nitrogens with one attached hydrogen (secondary N) is 1. The third-order valence-corrected chi connectivity index (χ3v) is 2.62. The lowest BCUT2D eigenvalue weighted by molar-refractivity contribution is 0.306. The molecule has 0 heterocycles. The van der Waals surface area contributed by atoms with E-state index in [0.29, 0.717) is 30.3 Å². The average molecular weight is 279 g/mol. The Bertz CT molecular complexity index is 555. The number of ether oxygens (including phenoxy) is 2. The summed E-state index contributed by atoms with van der Waals surface area (Å²) in [6, 6.07) is 10.6. The van der Waals surface area contributed by atoms with Gasteiger partial charge >= 0.3 is 0 Å². The zero-order valence-electron chi connectivity index (χ0n) is 11.0. The van der Waals surface area contributed by atoms with Crippen molar-refractivity contribution >= 4 is 5.69 Å². The molecule has 0 aliphatic rings. The average Bonchev–Trinajstić information content (AvgIpc) is 2.43. The Morgan fingerprint density at radius 1 is 1.00 bits per heavy atom. The molecule has 2 aromatic carbocycles. The lowest BCUT2D eigenvalue weighted by Crippen LogP contribution is -2.12. The zero-order chi connectivity index (χ0) is 14.4. The van der Waals surface area contributed by atoms with Crippen molar-refractivity contribution in [2.75, 3.05) is 25.6 Å². The smallest absolute Gasteiger partial charge is 0.161 e. The van der Waals surface area contributed by atoms with E-state index in [1.165, 1.54) is 12.1 Å². The van der Waals surface area contributed by atoms with Gasteiger partial charge in [0, 0.05) is 18.3 Å². The van der Waals surface area contributed by atoms with Crippen molar-refractivity contribution in [3.63, 3.8) is 0 Å². The fourth-order valence-corrected chi connectivity index (χ4v) is 1.75. The van der Waals surface area contributed by atoms with E-state index >= 15 is 0 Å². The molecule has 1 N–H and O–H groups in total. The minimum Gasteiger partial charge on any atom is -0.493 e. The minimum absolute atomic E-state index is 0.346. The number of benzene rings is 2. The molecule has 2 rings (SSSR count). The first-order chi connectivity index (χ1) is 9.69. The standard InChI is InChI=1S/C15H15F2NO2/c1-19-14-4-2-3-5-15(14)20-7-6-18-13-9-11(16)8-12(17)10-13/h2-5,8-10,18H,6-7H2,1H3. The Balaban J connectivity index is 1.84. The first kappa shape index (κ1) is 14.1. The number of anilines is 1. The molecule has 0 saturated carbocycles. The van der Waals surface area contributed by atoms with Crippen LogP contribution in [-0.4, -0.2) is 20.3 Å². The Labute approximate surface area is 116 Å². The second-order valence-corrected chi connectivity index (χ2v) is 4.08. The summed E-state index contributed by atoms with van der Waals surface area (Å²) in [7, 11) is 1.57. The van der Waals surface area contributed by atoms with Gasteiger partial charge in [-0.2, -0.15) is 0 Å². The van der Waals surface area contributed by atoms with Gasteiger partial charge in [-0.25, -0.2) is 8.78 Å². The van der Waals surface area contributed by atoms with Crippen molar-refractivity contribution in [2.24, 2.45) is 0 Å². The molecule has 0 amide bonds. The summed E-state index contributed by atoms with van der Waals surface area (Å²) in [5, 5.41) is 2.89. The van der Waals surface area contributed by atoms with E-state index < -0.39 is 11.6 Å². The van der Waals surface area contributed by atoms with Crippen molar-refractivity contribution in [1.29, 1.82) is 0 Å². The van der Waals surface area contributed by atoms with E-state index in [0.717, 1.165) is 6.07 Å². The third kappa shape index (κ3) is 3.85. The van der Waals surface area contributed by atoms with Crippen LogP contribution in [0, 0.1) is 11.6 Å². The molecule has 5 heteroatoms. The van der Waals surface area contributed by atoms with E-state index in [2.05, 4.69) is 5.32 Å². The molecule has 0 spiro atoms. The predicted octanol–water partition coefficient (Wildman–Crippen LogP) is 3.46. The van der Waals surface area contributed by atoms with Crippen molar-refractivity contribution in [3.05, 3.63) is 54.1 Å². The van der Waals surface area contributed by atoms with Gasteiger partial charge in [0.2, 0.25) is 0 Å².